The molecule has 0 aliphatic heterocycles. The number of ether oxygens (including phenoxy) is 2. The number of halogens is 1. The number of carbonyl (C=O) groups excluding carboxylic acids is 1. The molecular weight excluding hydrogens is 296 g/mol. The van der Waals surface area contributed by atoms with E-state index in [0.29, 0.717) is 22.4 Å². The van der Waals surface area contributed by atoms with E-state index in [4.69, 9.17) is 9.47 Å². The molecule has 3 nitrogen and oxygen atoms in total. The number of carbonyl (C=O) groups is 1. The Balaban J connectivity index is 2.21. The van der Waals surface area contributed by atoms with Gasteiger partial charge in [-0.05, 0) is 43.9 Å². The molecule has 2 rings (SSSR count). The fourth-order valence-electron chi connectivity index (χ4n) is 2.21. The molecule has 18 heavy (non-hydrogen) atoms. The Morgan fingerprint density at radius 2 is 2.06 bits per heavy atom. The predicted molar refractivity (Wildman–Crippen MR) is 74.0 cm³/mol. The Labute approximate surface area is 116 Å². The summed E-state index contributed by atoms with van der Waals surface area (Å²) in [7, 11) is 1.61. The predicted octanol–water partition coefficient (Wildman–Crippen LogP) is 3.59. The molecule has 0 N–H and O–H groups in total. The monoisotopic (exact) mass is 312 g/mol. The van der Waals surface area contributed by atoms with Crippen molar-refractivity contribution in [2.75, 3.05) is 12.4 Å². The first-order valence-corrected chi connectivity index (χ1v) is 7.30. The minimum atomic E-state index is 0.0499. The molecule has 0 radical (unpaired) electrons. The lowest BCUT2D eigenvalue weighted by molar-refractivity contribution is 0.102. The standard InChI is InChI=1S/C14H17BrO3/c1-17-13-7-6-10(12(16)9-15)8-14(13)18-11-4-2-3-5-11/h6-8,11H,2-5,9H2,1H3. The Kier molecular flexibility index (Phi) is 4.64. The number of rotatable bonds is 5. The summed E-state index contributed by atoms with van der Waals surface area (Å²) >= 11 is 3.18. The first-order valence-electron chi connectivity index (χ1n) is 6.18. The smallest absolute Gasteiger partial charge is 0.173 e. The fourth-order valence-corrected chi connectivity index (χ4v) is 2.53. The Hall–Kier alpha value is -1.03. The zero-order valence-corrected chi connectivity index (χ0v) is 12.0. The molecular formula is C14H17BrO3. The van der Waals surface area contributed by atoms with Crippen LogP contribution in [0, 0.1) is 0 Å². The van der Waals surface area contributed by atoms with Crippen LogP contribution in [0.4, 0.5) is 0 Å². The maximum Gasteiger partial charge on any atom is 0.173 e. The molecule has 1 aromatic carbocycles. The average molecular weight is 313 g/mol. The summed E-state index contributed by atoms with van der Waals surface area (Å²) in [6, 6.07) is 5.34. The minimum Gasteiger partial charge on any atom is -0.493 e. The van der Waals surface area contributed by atoms with E-state index >= 15 is 0 Å². The van der Waals surface area contributed by atoms with Crippen molar-refractivity contribution in [3.63, 3.8) is 0 Å². The lowest BCUT2D eigenvalue weighted by atomic mass is 10.1. The van der Waals surface area contributed by atoms with Crippen molar-refractivity contribution >= 4 is 21.7 Å². The molecule has 0 atom stereocenters. The van der Waals surface area contributed by atoms with E-state index in [1.807, 2.05) is 0 Å². The van der Waals surface area contributed by atoms with Crippen LogP contribution in [0.3, 0.4) is 0 Å². The van der Waals surface area contributed by atoms with E-state index in [1.165, 1.54) is 12.8 Å². The second kappa shape index (κ2) is 6.23. The topological polar surface area (TPSA) is 35.5 Å². The summed E-state index contributed by atoms with van der Waals surface area (Å²) in [6.07, 6.45) is 4.85. The molecule has 0 bridgehead atoms. The molecule has 1 aliphatic carbocycles. The van der Waals surface area contributed by atoms with Gasteiger partial charge in [0.15, 0.2) is 17.3 Å². The quantitative estimate of drug-likeness (QED) is 0.615. The van der Waals surface area contributed by atoms with Crippen molar-refractivity contribution in [1.29, 1.82) is 0 Å². The van der Waals surface area contributed by atoms with Crippen molar-refractivity contribution in [2.45, 2.75) is 31.8 Å². The summed E-state index contributed by atoms with van der Waals surface area (Å²) in [5, 5.41) is 0.322. The third kappa shape index (κ3) is 3.05. The van der Waals surface area contributed by atoms with Crippen LogP contribution in [0.25, 0.3) is 0 Å². The SMILES string of the molecule is COc1ccc(C(=O)CBr)cc1OC1CCCC1. The second-order valence-corrected chi connectivity index (χ2v) is 5.01. The fraction of sp³-hybridized carbons (Fsp3) is 0.500. The van der Waals surface area contributed by atoms with Crippen LogP contribution in [0.1, 0.15) is 36.0 Å². The summed E-state index contributed by atoms with van der Waals surface area (Å²) in [5.74, 6) is 1.41. The molecule has 1 aromatic rings. The summed E-state index contributed by atoms with van der Waals surface area (Å²) < 4.78 is 11.2. The number of benzene rings is 1. The van der Waals surface area contributed by atoms with Crippen LogP contribution in [0.5, 0.6) is 11.5 Å². The normalized spacial score (nSPS) is 15.7. The molecule has 1 saturated carbocycles. The molecule has 1 aliphatic rings. The first-order chi connectivity index (χ1) is 8.74. The number of alkyl halides is 1. The second-order valence-electron chi connectivity index (χ2n) is 4.45. The van der Waals surface area contributed by atoms with Crippen molar-refractivity contribution in [3.8, 4) is 11.5 Å². The molecule has 0 heterocycles. The van der Waals surface area contributed by atoms with E-state index in [2.05, 4.69) is 15.9 Å². The Morgan fingerprint density at radius 1 is 1.33 bits per heavy atom. The zero-order valence-electron chi connectivity index (χ0n) is 10.4. The average Bonchev–Trinajstić information content (AvgIpc) is 2.90. The van der Waals surface area contributed by atoms with Crippen LogP contribution in [0.2, 0.25) is 0 Å². The van der Waals surface area contributed by atoms with Gasteiger partial charge in [-0.15, -0.1) is 0 Å². The number of methoxy groups -OCH3 is 1. The molecule has 4 heteroatoms. The van der Waals surface area contributed by atoms with Gasteiger partial charge in [0.1, 0.15) is 0 Å². The van der Waals surface area contributed by atoms with Crippen LogP contribution < -0.4 is 9.47 Å². The third-order valence-electron chi connectivity index (χ3n) is 3.20. The summed E-state index contributed by atoms with van der Waals surface area (Å²) in [4.78, 5) is 11.7. The number of hydrogen-bond acceptors (Lipinski definition) is 3. The van der Waals surface area contributed by atoms with Crippen molar-refractivity contribution in [3.05, 3.63) is 23.8 Å². The maximum absolute atomic E-state index is 11.7. The van der Waals surface area contributed by atoms with Crippen LogP contribution in [-0.4, -0.2) is 24.3 Å². The largest absolute Gasteiger partial charge is 0.493 e. The van der Waals surface area contributed by atoms with Gasteiger partial charge in [-0.25, -0.2) is 0 Å². The van der Waals surface area contributed by atoms with Gasteiger partial charge in [0, 0.05) is 5.56 Å². The molecule has 0 spiro atoms. The lowest BCUT2D eigenvalue weighted by Gasteiger charge is -2.16. The van der Waals surface area contributed by atoms with E-state index in [0.717, 1.165) is 12.8 Å². The number of Topliss-reactive ketones (excluding diaryl/α,β-unsaturated/α-hetero) is 1. The van der Waals surface area contributed by atoms with Crippen molar-refractivity contribution < 1.29 is 14.3 Å². The Morgan fingerprint density at radius 3 is 2.67 bits per heavy atom. The maximum atomic E-state index is 11.7. The Bertz CT molecular complexity index is 425. The van der Waals surface area contributed by atoms with E-state index in [1.54, 1.807) is 25.3 Å². The molecule has 98 valence electrons. The zero-order chi connectivity index (χ0) is 13.0. The number of ketones is 1. The first kappa shape index (κ1) is 13.4. The summed E-state index contributed by atoms with van der Waals surface area (Å²) in [6.45, 7) is 0. The van der Waals surface area contributed by atoms with E-state index in [9.17, 15) is 4.79 Å². The molecule has 0 amide bonds. The summed E-state index contributed by atoms with van der Waals surface area (Å²) in [5.41, 5.74) is 0.653. The molecule has 0 saturated heterocycles. The number of hydrogen-bond donors (Lipinski definition) is 0. The molecule has 0 aromatic heterocycles. The van der Waals surface area contributed by atoms with Gasteiger partial charge in [0.25, 0.3) is 0 Å². The van der Waals surface area contributed by atoms with Gasteiger partial charge in [0.05, 0.1) is 18.5 Å². The highest BCUT2D eigenvalue weighted by atomic mass is 79.9. The van der Waals surface area contributed by atoms with Gasteiger partial charge < -0.3 is 9.47 Å². The van der Waals surface area contributed by atoms with Crippen LogP contribution >= 0.6 is 15.9 Å². The molecule has 1 fully saturated rings. The minimum absolute atomic E-state index is 0.0499. The highest BCUT2D eigenvalue weighted by Crippen LogP contribution is 2.32. The lowest BCUT2D eigenvalue weighted by Crippen LogP contribution is -2.12. The highest BCUT2D eigenvalue weighted by molar-refractivity contribution is 9.09. The van der Waals surface area contributed by atoms with Gasteiger partial charge in [-0.2, -0.15) is 0 Å². The van der Waals surface area contributed by atoms with E-state index in [-0.39, 0.29) is 11.9 Å². The third-order valence-corrected chi connectivity index (χ3v) is 3.71. The van der Waals surface area contributed by atoms with Crippen molar-refractivity contribution in [1.82, 2.24) is 0 Å². The van der Waals surface area contributed by atoms with Crippen LogP contribution in [-0.2, 0) is 0 Å². The molecule has 0 unspecified atom stereocenters. The van der Waals surface area contributed by atoms with Crippen LogP contribution in [0.15, 0.2) is 18.2 Å². The van der Waals surface area contributed by atoms with Gasteiger partial charge in [-0.1, -0.05) is 15.9 Å². The van der Waals surface area contributed by atoms with Gasteiger partial charge in [-0.3, -0.25) is 4.79 Å². The highest BCUT2D eigenvalue weighted by Gasteiger charge is 2.19. The van der Waals surface area contributed by atoms with E-state index < -0.39 is 0 Å². The van der Waals surface area contributed by atoms with Gasteiger partial charge in [0.2, 0.25) is 0 Å². The van der Waals surface area contributed by atoms with Crippen molar-refractivity contribution in [2.24, 2.45) is 0 Å². The van der Waals surface area contributed by atoms with Gasteiger partial charge >= 0.3 is 0 Å².